The molecule has 2 rings (SSSR count). The zero-order chi connectivity index (χ0) is 14.7. The molecule has 108 valence electrons. The van der Waals surface area contributed by atoms with Crippen LogP contribution in [0.5, 0.6) is 0 Å². The molecule has 1 unspecified atom stereocenters. The Balaban J connectivity index is 2.18. The number of benzene rings is 1. The molecule has 20 heavy (non-hydrogen) atoms. The maximum Gasteiger partial charge on any atom is 0.337 e. The summed E-state index contributed by atoms with van der Waals surface area (Å²) in [5.74, 6) is -1.09. The number of urea groups is 1. The van der Waals surface area contributed by atoms with Crippen LogP contribution in [-0.4, -0.2) is 34.6 Å². The number of carboxylic acids is 1. The Bertz CT molecular complexity index is 533. The van der Waals surface area contributed by atoms with Crippen LogP contribution >= 0.6 is 11.6 Å². The highest BCUT2D eigenvalue weighted by atomic mass is 35.5. The molecule has 1 aromatic carbocycles. The van der Waals surface area contributed by atoms with Crippen LogP contribution in [0.2, 0.25) is 5.02 Å². The van der Waals surface area contributed by atoms with Crippen LogP contribution in [0.4, 0.5) is 10.5 Å². The standard InChI is InChI=1S/C14H17ClN2O3/c1-9-4-2-3-7-17(9)14(20)16-12-8-10(15)5-6-11(12)13(18)19/h5-6,8-9H,2-4,7H2,1H3,(H,16,20)(H,18,19). The molecule has 6 heteroatoms. The van der Waals surface area contributed by atoms with Crippen molar-refractivity contribution in [2.75, 3.05) is 11.9 Å². The summed E-state index contributed by atoms with van der Waals surface area (Å²) in [5.41, 5.74) is 0.264. The van der Waals surface area contributed by atoms with Gasteiger partial charge in [0.1, 0.15) is 0 Å². The molecule has 0 spiro atoms. The number of rotatable bonds is 2. The number of piperidine rings is 1. The van der Waals surface area contributed by atoms with Crippen LogP contribution in [0.15, 0.2) is 18.2 Å². The van der Waals surface area contributed by atoms with Crippen LogP contribution in [0.1, 0.15) is 36.5 Å². The van der Waals surface area contributed by atoms with Gasteiger partial charge in [-0.05, 0) is 44.4 Å². The lowest BCUT2D eigenvalue weighted by Crippen LogP contribution is -2.44. The number of carboxylic acid groups (broad SMARTS) is 1. The van der Waals surface area contributed by atoms with E-state index in [0.717, 1.165) is 19.3 Å². The number of hydrogen-bond donors (Lipinski definition) is 2. The molecule has 2 amide bonds. The number of carbonyl (C=O) groups excluding carboxylic acids is 1. The Labute approximate surface area is 122 Å². The number of likely N-dealkylation sites (tertiary alicyclic amines) is 1. The fraction of sp³-hybridized carbons (Fsp3) is 0.429. The predicted octanol–water partition coefficient (Wildman–Crippen LogP) is 3.44. The van der Waals surface area contributed by atoms with E-state index in [-0.39, 0.29) is 23.3 Å². The van der Waals surface area contributed by atoms with Gasteiger partial charge < -0.3 is 15.3 Å². The summed E-state index contributed by atoms with van der Waals surface area (Å²) in [6, 6.07) is 4.22. The minimum Gasteiger partial charge on any atom is -0.478 e. The number of anilines is 1. The molecule has 5 nitrogen and oxygen atoms in total. The van der Waals surface area contributed by atoms with Crippen molar-refractivity contribution in [2.24, 2.45) is 0 Å². The molecule has 2 N–H and O–H groups in total. The number of carbonyl (C=O) groups is 2. The van der Waals surface area contributed by atoms with E-state index in [1.165, 1.54) is 18.2 Å². The van der Waals surface area contributed by atoms with Crippen molar-refractivity contribution in [1.29, 1.82) is 0 Å². The van der Waals surface area contributed by atoms with Crippen LogP contribution < -0.4 is 5.32 Å². The molecule has 1 fully saturated rings. The Kier molecular flexibility index (Phi) is 4.49. The lowest BCUT2D eigenvalue weighted by molar-refractivity contribution is 0.0698. The summed E-state index contributed by atoms with van der Waals surface area (Å²) in [7, 11) is 0. The van der Waals surface area contributed by atoms with Gasteiger partial charge in [0, 0.05) is 17.6 Å². The Morgan fingerprint density at radius 2 is 2.15 bits per heavy atom. The van der Waals surface area contributed by atoms with Gasteiger partial charge in [-0.1, -0.05) is 11.6 Å². The van der Waals surface area contributed by atoms with Crippen molar-refractivity contribution in [2.45, 2.75) is 32.2 Å². The van der Waals surface area contributed by atoms with E-state index in [2.05, 4.69) is 5.32 Å². The third kappa shape index (κ3) is 3.22. The second-order valence-electron chi connectivity index (χ2n) is 4.96. The van der Waals surface area contributed by atoms with Gasteiger partial charge >= 0.3 is 12.0 Å². The first-order chi connectivity index (χ1) is 9.49. The van der Waals surface area contributed by atoms with Crippen LogP contribution in [0, 0.1) is 0 Å². The number of halogens is 1. The van der Waals surface area contributed by atoms with Crippen molar-refractivity contribution in [3.63, 3.8) is 0 Å². The zero-order valence-corrected chi connectivity index (χ0v) is 12.0. The molecule has 1 heterocycles. The lowest BCUT2D eigenvalue weighted by Gasteiger charge is -2.33. The molecule has 1 atom stereocenters. The van der Waals surface area contributed by atoms with E-state index in [1.54, 1.807) is 4.90 Å². The van der Waals surface area contributed by atoms with Crippen LogP contribution in [-0.2, 0) is 0 Å². The van der Waals surface area contributed by atoms with Gasteiger partial charge in [0.15, 0.2) is 0 Å². The highest BCUT2D eigenvalue weighted by Crippen LogP contribution is 2.23. The topological polar surface area (TPSA) is 69.6 Å². The van der Waals surface area contributed by atoms with Gasteiger partial charge in [-0.25, -0.2) is 9.59 Å². The van der Waals surface area contributed by atoms with E-state index in [1.807, 2.05) is 6.92 Å². The second kappa shape index (κ2) is 6.13. The number of aromatic carboxylic acids is 1. The molecule has 0 aromatic heterocycles. The average molecular weight is 297 g/mol. The molecule has 0 radical (unpaired) electrons. The van der Waals surface area contributed by atoms with Gasteiger partial charge in [0.2, 0.25) is 0 Å². The molecule has 1 aliphatic heterocycles. The van der Waals surface area contributed by atoms with E-state index >= 15 is 0 Å². The average Bonchev–Trinajstić information content (AvgIpc) is 2.38. The first-order valence-electron chi connectivity index (χ1n) is 6.59. The molecular formula is C14H17ClN2O3. The first kappa shape index (κ1) is 14.7. The van der Waals surface area contributed by atoms with Gasteiger partial charge in [-0.3, -0.25) is 0 Å². The fourth-order valence-electron chi connectivity index (χ4n) is 2.39. The molecule has 0 aliphatic carbocycles. The van der Waals surface area contributed by atoms with Crippen molar-refractivity contribution in [3.05, 3.63) is 28.8 Å². The van der Waals surface area contributed by atoms with Crippen molar-refractivity contribution in [3.8, 4) is 0 Å². The van der Waals surface area contributed by atoms with Gasteiger partial charge in [0.25, 0.3) is 0 Å². The first-order valence-corrected chi connectivity index (χ1v) is 6.97. The number of nitrogens with one attached hydrogen (secondary N) is 1. The maximum absolute atomic E-state index is 12.2. The summed E-state index contributed by atoms with van der Waals surface area (Å²) < 4.78 is 0. The molecular weight excluding hydrogens is 280 g/mol. The van der Waals surface area contributed by atoms with Crippen LogP contribution in [0.3, 0.4) is 0 Å². The minimum absolute atomic E-state index is 0.0346. The van der Waals surface area contributed by atoms with E-state index < -0.39 is 5.97 Å². The summed E-state index contributed by atoms with van der Waals surface area (Å²) in [5, 5.41) is 12.2. The molecule has 0 saturated carbocycles. The highest BCUT2D eigenvalue weighted by Gasteiger charge is 2.24. The minimum atomic E-state index is -1.09. The number of hydrogen-bond acceptors (Lipinski definition) is 2. The molecule has 0 bridgehead atoms. The third-order valence-corrected chi connectivity index (χ3v) is 3.75. The van der Waals surface area contributed by atoms with Gasteiger partial charge in [-0.15, -0.1) is 0 Å². The van der Waals surface area contributed by atoms with E-state index in [4.69, 9.17) is 16.7 Å². The Morgan fingerprint density at radius 1 is 1.40 bits per heavy atom. The largest absolute Gasteiger partial charge is 0.478 e. The summed E-state index contributed by atoms with van der Waals surface area (Å²) in [4.78, 5) is 25.1. The van der Waals surface area contributed by atoms with Crippen molar-refractivity contribution >= 4 is 29.3 Å². The Hall–Kier alpha value is -1.75. The number of amides is 2. The normalized spacial score (nSPS) is 18.7. The van der Waals surface area contributed by atoms with E-state index in [9.17, 15) is 9.59 Å². The Morgan fingerprint density at radius 3 is 2.80 bits per heavy atom. The SMILES string of the molecule is CC1CCCCN1C(=O)Nc1cc(Cl)ccc1C(=O)O. The number of nitrogens with zero attached hydrogens (tertiary/aromatic N) is 1. The quantitative estimate of drug-likeness (QED) is 0.878. The second-order valence-corrected chi connectivity index (χ2v) is 5.40. The molecule has 1 saturated heterocycles. The summed E-state index contributed by atoms with van der Waals surface area (Å²) in [6.45, 7) is 2.69. The lowest BCUT2D eigenvalue weighted by atomic mass is 10.0. The predicted molar refractivity (Wildman–Crippen MR) is 77.4 cm³/mol. The van der Waals surface area contributed by atoms with Crippen molar-refractivity contribution < 1.29 is 14.7 Å². The summed E-state index contributed by atoms with van der Waals surface area (Å²) >= 11 is 5.86. The zero-order valence-electron chi connectivity index (χ0n) is 11.2. The molecule has 1 aliphatic rings. The highest BCUT2D eigenvalue weighted by molar-refractivity contribution is 6.31. The maximum atomic E-state index is 12.2. The fourth-order valence-corrected chi connectivity index (χ4v) is 2.57. The monoisotopic (exact) mass is 296 g/mol. The van der Waals surface area contributed by atoms with Gasteiger partial charge in [0.05, 0.1) is 11.3 Å². The summed E-state index contributed by atoms with van der Waals surface area (Å²) in [6.07, 6.45) is 3.05. The molecule has 1 aromatic rings. The van der Waals surface area contributed by atoms with Crippen LogP contribution in [0.25, 0.3) is 0 Å². The smallest absolute Gasteiger partial charge is 0.337 e. The van der Waals surface area contributed by atoms with Crippen molar-refractivity contribution in [1.82, 2.24) is 4.90 Å². The van der Waals surface area contributed by atoms with E-state index in [0.29, 0.717) is 11.6 Å². The van der Waals surface area contributed by atoms with Gasteiger partial charge in [-0.2, -0.15) is 0 Å². The third-order valence-electron chi connectivity index (χ3n) is 3.52.